The van der Waals surface area contributed by atoms with E-state index in [1.54, 1.807) is 13.0 Å². The van der Waals surface area contributed by atoms with E-state index in [-0.39, 0.29) is 12.0 Å². The summed E-state index contributed by atoms with van der Waals surface area (Å²) in [6, 6.07) is 1.07. The number of aliphatic carboxylic acids is 1. The van der Waals surface area contributed by atoms with Crippen molar-refractivity contribution in [1.29, 1.82) is 5.41 Å². The topological polar surface area (TPSA) is 83.3 Å². The second-order valence-electron chi connectivity index (χ2n) is 9.29. The Morgan fingerprint density at radius 3 is 2.78 bits per heavy atom. The fourth-order valence-electron chi connectivity index (χ4n) is 5.03. The number of aromatic nitrogens is 1. The molecular weight excluding hydrogens is 469 g/mol. The number of carboxylic acids is 1. The number of halogens is 3. The first-order chi connectivity index (χ1) is 17.1. The average molecular weight is 501 g/mol. The molecule has 0 aliphatic heterocycles. The lowest BCUT2D eigenvalue weighted by molar-refractivity contribution is -0.144. The molecule has 3 rings (SSSR count). The molecule has 0 amide bonds. The lowest BCUT2D eigenvalue weighted by atomic mass is 9.74. The molecule has 4 unspecified atom stereocenters. The molecule has 2 aliphatic carbocycles. The summed E-state index contributed by atoms with van der Waals surface area (Å²) in [5.74, 6) is -1.56. The van der Waals surface area contributed by atoms with E-state index in [0.29, 0.717) is 60.3 Å². The maximum absolute atomic E-state index is 13.5. The number of aryl methyl sites for hydroxylation is 1. The van der Waals surface area contributed by atoms with Gasteiger partial charge in [-0.15, -0.1) is 6.58 Å². The summed E-state index contributed by atoms with van der Waals surface area (Å²) in [6.45, 7) is 9.74. The van der Waals surface area contributed by atoms with Crippen LogP contribution in [0.2, 0.25) is 0 Å². The quantitative estimate of drug-likeness (QED) is 0.231. The third kappa shape index (κ3) is 6.24. The number of hydrogen-bond acceptors (Lipinski definition) is 4. The third-order valence-electron chi connectivity index (χ3n) is 6.84. The summed E-state index contributed by atoms with van der Waals surface area (Å²) >= 11 is 0. The number of nitrogens with one attached hydrogen (secondary N) is 1. The van der Waals surface area contributed by atoms with Gasteiger partial charge in [-0.3, -0.25) is 9.78 Å². The Hall–Kier alpha value is -3.38. The highest BCUT2D eigenvalue weighted by Gasteiger charge is 2.36. The number of carboxylic acid groups (broad SMARTS) is 1. The van der Waals surface area contributed by atoms with Crippen molar-refractivity contribution in [3.63, 3.8) is 0 Å². The summed E-state index contributed by atoms with van der Waals surface area (Å²) in [6.07, 6.45) is 5.53. The molecule has 1 saturated carbocycles. The molecule has 2 aliphatic rings. The Labute approximate surface area is 209 Å². The molecule has 1 aromatic heterocycles. The van der Waals surface area contributed by atoms with Crippen LogP contribution in [-0.2, 0) is 15.7 Å². The van der Waals surface area contributed by atoms with Crippen LogP contribution in [-0.4, -0.2) is 28.4 Å². The Kier molecular flexibility index (Phi) is 8.75. The van der Waals surface area contributed by atoms with Crippen molar-refractivity contribution in [3.05, 3.63) is 77.5 Å². The summed E-state index contributed by atoms with van der Waals surface area (Å²) in [7, 11) is 0. The van der Waals surface area contributed by atoms with Crippen molar-refractivity contribution in [1.82, 2.24) is 4.98 Å². The number of ether oxygens (including phenoxy) is 1. The van der Waals surface area contributed by atoms with Crippen LogP contribution < -0.4 is 0 Å². The van der Waals surface area contributed by atoms with Crippen molar-refractivity contribution in [2.24, 2.45) is 17.8 Å². The monoisotopic (exact) mass is 500 g/mol. The zero-order valence-electron chi connectivity index (χ0n) is 20.3. The van der Waals surface area contributed by atoms with Crippen molar-refractivity contribution >= 4 is 17.8 Å². The minimum Gasteiger partial charge on any atom is -0.483 e. The Balaban J connectivity index is 2.02. The van der Waals surface area contributed by atoms with E-state index in [4.69, 9.17) is 10.1 Å². The van der Waals surface area contributed by atoms with Crippen molar-refractivity contribution in [2.45, 2.75) is 57.7 Å². The average Bonchev–Trinajstić information content (AvgIpc) is 2.96. The van der Waals surface area contributed by atoms with E-state index in [9.17, 15) is 23.1 Å². The van der Waals surface area contributed by atoms with Crippen LogP contribution in [0.15, 0.2) is 60.7 Å². The molecule has 1 heterocycles. The van der Waals surface area contributed by atoms with Gasteiger partial charge >= 0.3 is 12.1 Å². The fourth-order valence-corrected chi connectivity index (χ4v) is 5.03. The predicted molar refractivity (Wildman–Crippen MR) is 132 cm³/mol. The van der Waals surface area contributed by atoms with Gasteiger partial charge in [0.15, 0.2) is 5.76 Å². The van der Waals surface area contributed by atoms with Gasteiger partial charge < -0.3 is 15.3 Å². The highest BCUT2D eigenvalue weighted by atomic mass is 19.4. The van der Waals surface area contributed by atoms with Crippen LogP contribution in [0.1, 0.15) is 55.3 Å². The SMILES string of the molecule is C=CCC1CC=C=C(OC2CCCC(C(=O)O)C2)C(=C)C1C(=CC=N)c1cc(C(F)(F)F)cnc1C. The van der Waals surface area contributed by atoms with Gasteiger partial charge in [0.05, 0.1) is 11.5 Å². The van der Waals surface area contributed by atoms with E-state index in [2.05, 4.69) is 23.9 Å². The lowest BCUT2D eigenvalue weighted by Gasteiger charge is -2.32. The van der Waals surface area contributed by atoms with Crippen LogP contribution in [0.3, 0.4) is 0 Å². The predicted octanol–water partition coefficient (Wildman–Crippen LogP) is 6.91. The first kappa shape index (κ1) is 27.2. The number of alkyl halides is 3. The molecule has 0 bridgehead atoms. The molecule has 5 nitrogen and oxygen atoms in total. The van der Waals surface area contributed by atoms with Gasteiger partial charge in [-0.25, -0.2) is 0 Å². The number of carbonyl (C=O) groups is 1. The first-order valence-corrected chi connectivity index (χ1v) is 12.0. The smallest absolute Gasteiger partial charge is 0.417 e. The van der Waals surface area contributed by atoms with Crippen LogP contribution in [0.25, 0.3) is 5.57 Å². The molecular formula is C28H31F3N2O3. The molecule has 0 radical (unpaired) electrons. The van der Waals surface area contributed by atoms with Gasteiger partial charge in [0.1, 0.15) is 6.10 Å². The normalized spacial score (nSPS) is 25.1. The van der Waals surface area contributed by atoms with Gasteiger partial charge in [-0.1, -0.05) is 18.4 Å². The van der Waals surface area contributed by atoms with Gasteiger partial charge in [-0.2, -0.15) is 13.2 Å². The molecule has 2 N–H and O–H groups in total. The third-order valence-corrected chi connectivity index (χ3v) is 6.84. The summed E-state index contributed by atoms with van der Waals surface area (Å²) in [4.78, 5) is 15.5. The van der Waals surface area contributed by atoms with Crippen LogP contribution in [0.5, 0.6) is 0 Å². The van der Waals surface area contributed by atoms with Gasteiger partial charge in [-0.05, 0) is 75.2 Å². The maximum Gasteiger partial charge on any atom is 0.417 e. The van der Waals surface area contributed by atoms with Gasteiger partial charge in [0.2, 0.25) is 0 Å². The molecule has 0 spiro atoms. The van der Waals surface area contributed by atoms with E-state index < -0.39 is 29.5 Å². The minimum atomic E-state index is -4.57. The van der Waals surface area contributed by atoms with Crippen LogP contribution >= 0.6 is 0 Å². The summed E-state index contributed by atoms with van der Waals surface area (Å²) < 4.78 is 46.8. The van der Waals surface area contributed by atoms with Crippen molar-refractivity contribution in [2.75, 3.05) is 0 Å². The molecule has 8 heteroatoms. The van der Waals surface area contributed by atoms with Crippen LogP contribution in [0, 0.1) is 30.1 Å². The molecule has 36 heavy (non-hydrogen) atoms. The summed E-state index contributed by atoms with van der Waals surface area (Å²) in [5, 5.41) is 17.2. The van der Waals surface area contributed by atoms with E-state index >= 15 is 0 Å². The number of nitrogens with zero attached hydrogens (tertiary/aromatic N) is 1. The van der Waals surface area contributed by atoms with Crippen molar-refractivity contribution < 1.29 is 27.8 Å². The Bertz CT molecular complexity index is 1130. The maximum atomic E-state index is 13.5. The zero-order valence-corrected chi connectivity index (χ0v) is 20.3. The number of hydrogen-bond donors (Lipinski definition) is 2. The standard InChI is InChI=1S/C28H31F3N2O3/c1-4-7-19-8-6-11-25(36-22-10-5-9-20(14-22)27(34)35)17(2)26(19)23(12-13-32)24-15-21(28(29,30)31)16-33-18(24)3/h4,6,12-13,15-16,19-20,22,26,32H,1-2,5,7-10,14H2,3H3,(H,34,35). The van der Waals surface area contributed by atoms with Gasteiger partial charge in [0, 0.05) is 35.2 Å². The minimum absolute atomic E-state index is 0.109. The molecule has 1 fully saturated rings. The Morgan fingerprint density at radius 1 is 1.39 bits per heavy atom. The highest BCUT2D eigenvalue weighted by Crippen LogP contribution is 2.44. The van der Waals surface area contributed by atoms with Crippen LogP contribution in [0.4, 0.5) is 13.2 Å². The van der Waals surface area contributed by atoms with Crippen molar-refractivity contribution in [3.8, 4) is 0 Å². The largest absolute Gasteiger partial charge is 0.483 e. The fraction of sp³-hybridized carbons (Fsp3) is 0.429. The highest BCUT2D eigenvalue weighted by molar-refractivity contribution is 5.86. The second-order valence-corrected chi connectivity index (χ2v) is 9.29. The van der Waals surface area contributed by atoms with E-state index in [1.807, 2.05) is 6.08 Å². The Morgan fingerprint density at radius 2 is 2.14 bits per heavy atom. The number of allylic oxidation sites excluding steroid dienone is 4. The first-order valence-electron chi connectivity index (χ1n) is 12.0. The molecule has 1 aromatic rings. The lowest BCUT2D eigenvalue weighted by Crippen LogP contribution is -2.28. The van der Waals surface area contributed by atoms with E-state index in [1.165, 1.54) is 6.08 Å². The molecule has 192 valence electrons. The molecule has 0 saturated heterocycles. The number of rotatable bonds is 8. The summed E-state index contributed by atoms with van der Waals surface area (Å²) in [5.41, 5.74) is 3.99. The van der Waals surface area contributed by atoms with E-state index in [0.717, 1.165) is 24.9 Å². The molecule has 0 aromatic carbocycles. The zero-order chi connectivity index (χ0) is 26.5. The second kappa shape index (κ2) is 11.6. The van der Waals surface area contributed by atoms with Gasteiger partial charge in [0.25, 0.3) is 0 Å². The number of pyridine rings is 1. The molecule has 4 atom stereocenters.